The second kappa shape index (κ2) is 5.71. The number of nitrogens with zero attached hydrogens (tertiary/aromatic N) is 2. The molecule has 1 aliphatic heterocycles. The molecule has 0 N–H and O–H groups in total. The third-order valence-corrected chi connectivity index (χ3v) is 4.53. The van der Waals surface area contributed by atoms with Gasteiger partial charge in [0.2, 0.25) is 0 Å². The van der Waals surface area contributed by atoms with E-state index in [4.69, 9.17) is 0 Å². The lowest BCUT2D eigenvalue weighted by molar-refractivity contribution is 0.106. The highest BCUT2D eigenvalue weighted by atomic mass is 15.2. The fourth-order valence-corrected chi connectivity index (χ4v) is 3.14. The van der Waals surface area contributed by atoms with E-state index in [0.29, 0.717) is 0 Å². The summed E-state index contributed by atoms with van der Waals surface area (Å²) in [5, 5.41) is 0. The van der Waals surface area contributed by atoms with Crippen molar-refractivity contribution in [2.45, 2.75) is 71.5 Å². The normalized spacial score (nSPS) is 24.2. The Balaban J connectivity index is 1.76. The summed E-state index contributed by atoms with van der Waals surface area (Å²) in [6.07, 6.45) is 5.72. The van der Waals surface area contributed by atoms with Crippen LogP contribution in [-0.4, -0.2) is 47.6 Å². The highest BCUT2D eigenvalue weighted by Crippen LogP contribution is 2.31. The largest absolute Gasteiger partial charge is 0.301 e. The molecule has 0 aromatic heterocycles. The van der Waals surface area contributed by atoms with E-state index in [-0.39, 0.29) is 0 Å². The smallest absolute Gasteiger partial charge is 0.00992 e. The molecule has 0 spiro atoms. The average Bonchev–Trinajstić information content (AvgIpc) is 3.10. The molecule has 2 aliphatic rings. The molecular formula is C15H30N2. The van der Waals surface area contributed by atoms with Gasteiger partial charge >= 0.3 is 0 Å². The van der Waals surface area contributed by atoms with Crippen LogP contribution in [0.4, 0.5) is 0 Å². The SMILES string of the molecule is CC(C)N1CCC(CN(C(C)C)C2CC2)CC1. The number of piperidine rings is 1. The molecule has 0 atom stereocenters. The molecule has 1 aliphatic carbocycles. The molecule has 100 valence electrons. The lowest BCUT2D eigenvalue weighted by Gasteiger charge is -2.38. The standard InChI is InChI=1S/C15H30N2/c1-12(2)16-9-7-14(8-10-16)11-17(13(3)4)15-5-6-15/h12-15H,5-11H2,1-4H3. The van der Waals surface area contributed by atoms with Gasteiger partial charge in [0.05, 0.1) is 0 Å². The van der Waals surface area contributed by atoms with Crippen LogP contribution in [0.3, 0.4) is 0 Å². The zero-order valence-electron chi connectivity index (χ0n) is 12.2. The molecule has 2 fully saturated rings. The van der Waals surface area contributed by atoms with Gasteiger partial charge in [-0.05, 0) is 72.4 Å². The Morgan fingerprint density at radius 1 is 1.00 bits per heavy atom. The van der Waals surface area contributed by atoms with Gasteiger partial charge in [0.15, 0.2) is 0 Å². The first-order valence-electron chi connectivity index (χ1n) is 7.57. The van der Waals surface area contributed by atoms with Crippen LogP contribution in [0.25, 0.3) is 0 Å². The van der Waals surface area contributed by atoms with Crippen molar-refractivity contribution in [2.24, 2.45) is 5.92 Å². The van der Waals surface area contributed by atoms with Gasteiger partial charge in [0.1, 0.15) is 0 Å². The van der Waals surface area contributed by atoms with E-state index in [1.807, 2.05) is 0 Å². The first-order valence-corrected chi connectivity index (χ1v) is 7.57. The van der Waals surface area contributed by atoms with Crippen LogP contribution in [-0.2, 0) is 0 Å². The Labute approximate surface area is 107 Å². The Bertz CT molecular complexity index is 223. The van der Waals surface area contributed by atoms with Crippen molar-refractivity contribution in [3.05, 3.63) is 0 Å². The number of likely N-dealkylation sites (tertiary alicyclic amines) is 1. The van der Waals surface area contributed by atoms with E-state index in [1.54, 1.807) is 0 Å². The first-order chi connectivity index (χ1) is 8.08. The molecule has 0 radical (unpaired) electrons. The van der Waals surface area contributed by atoms with E-state index < -0.39 is 0 Å². The van der Waals surface area contributed by atoms with Crippen molar-refractivity contribution in [1.82, 2.24) is 9.80 Å². The molecular weight excluding hydrogens is 208 g/mol. The predicted molar refractivity (Wildman–Crippen MR) is 74.3 cm³/mol. The Kier molecular flexibility index (Phi) is 4.48. The fourth-order valence-electron chi connectivity index (χ4n) is 3.14. The molecule has 2 nitrogen and oxygen atoms in total. The summed E-state index contributed by atoms with van der Waals surface area (Å²) in [6, 6.07) is 2.41. The van der Waals surface area contributed by atoms with Crippen LogP contribution in [0.2, 0.25) is 0 Å². The quantitative estimate of drug-likeness (QED) is 0.726. The van der Waals surface area contributed by atoms with E-state index in [1.165, 1.54) is 45.3 Å². The average molecular weight is 238 g/mol. The monoisotopic (exact) mass is 238 g/mol. The van der Waals surface area contributed by atoms with Crippen molar-refractivity contribution in [1.29, 1.82) is 0 Å². The maximum atomic E-state index is 2.76. The minimum absolute atomic E-state index is 0.737. The second-order valence-corrected chi connectivity index (χ2v) is 6.59. The topological polar surface area (TPSA) is 6.48 Å². The van der Waals surface area contributed by atoms with Crippen LogP contribution >= 0.6 is 0 Å². The van der Waals surface area contributed by atoms with Crippen LogP contribution < -0.4 is 0 Å². The van der Waals surface area contributed by atoms with Gasteiger partial charge < -0.3 is 4.90 Å². The minimum Gasteiger partial charge on any atom is -0.301 e. The molecule has 0 amide bonds. The zero-order chi connectivity index (χ0) is 12.4. The maximum absolute atomic E-state index is 2.76. The van der Waals surface area contributed by atoms with Crippen molar-refractivity contribution >= 4 is 0 Å². The summed E-state index contributed by atoms with van der Waals surface area (Å²) in [7, 11) is 0. The van der Waals surface area contributed by atoms with Crippen molar-refractivity contribution in [3.8, 4) is 0 Å². The van der Waals surface area contributed by atoms with Gasteiger partial charge in [0, 0.05) is 24.7 Å². The van der Waals surface area contributed by atoms with Gasteiger partial charge in [-0.2, -0.15) is 0 Å². The van der Waals surface area contributed by atoms with E-state index in [2.05, 4.69) is 37.5 Å². The second-order valence-electron chi connectivity index (χ2n) is 6.59. The minimum atomic E-state index is 0.737. The van der Waals surface area contributed by atoms with Gasteiger partial charge in [-0.25, -0.2) is 0 Å². The molecule has 1 heterocycles. The van der Waals surface area contributed by atoms with Crippen molar-refractivity contribution in [2.75, 3.05) is 19.6 Å². The summed E-state index contributed by atoms with van der Waals surface area (Å²) >= 11 is 0. The fraction of sp³-hybridized carbons (Fsp3) is 1.00. The Hall–Kier alpha value is -0.0800. The number of hydrogen-bond donors (Lipinski definition) is 0. The third-order valence-electron chi connectivity index (χ3n) is 4.53. The number of rotatable bonds is 5. The van der Waals surface area contributed by atoms with Gasteiger partial charge in [0.25, 0.3) is 0 Å². The van der Waals surface area contributed by atoms with Crippen LogP contribution in [0.15, 0.2) is 0 Å². The van der Waals surface area contributed by atoms with E-state index in [0.717, 1.165) is 24.0 Å². The Morgan fingerprint density at radius 2 is 1.59 bits per heavy atom. The molecule has 1 saturated carbocycles. The highest BCUT2D eigenvalue weighted by molar-refractivity contribution is 4.88. The van der Waals surface area contributed by atoms with E-state index >= 15 is 0 Å². The molecule has 17 heavy (non-hydrogen) atoms. The molecule has 0 aromatic carbocycles. The number of hydrogen-bond acceptors (Lipinski definition) is 2. The lowest BCUT2D eigenvalue weighted by Crippen LogP contribution is -2.43. The summed E-state index contributed by atoms with van der Waals surface area (Å²) in [5.41, 5.74) is 0. The summed E-state index contributed by atoms with van der Waals surface area (Å²) in [4.78, 5) is 5.39. The zero-order valence-corrected chi connectivity index (χ0v) is 12.2. The Morgan fingerprint density at radius 3 is 2.00 bits per heavy atom. The van der Waals surface area contributed by atoms with Crippen LogP contribution in [0.5, 0.6) is 0 Å². The van der Waals surface area contributed by atoms with Gasteiger partial charge in [-0.1, -0.05) is 0 Å². The summed E-state index contributed by atoms with van der Waals surface area (Å²) in [5.74, 6) is 0.952. The first kappa shape index (κ1) is 13.4. The predicted octanol–water partition coefficient (Wildman–Crippen LogP) is 2.98. The van der Waals surface area contributed by atoms with Crippen LogP contribution in [0.1, 0.15) is 53.4 Å². The van der Waals surface area contributed by atoms with Gasteiger partial charge in [-0.15, -0.1) is 0 Å². The molecule has 0 unspecified atom stereocenters. The molecule has 1 saturated heterocycles. The summed E-state index contributed by atoms with van der Waals surface area (Å²) in [6.45, 7) is 13.4. The lowest BCUT2D eigenvalue weighted by atomic mass is 9.95. The third kappa shape index (κ3) is 3.69. The van der Waals surface area contributed by atoms with Gasteiger partial charge in [-0.3, -0.25) is 4.90 Å². The van der Waals surface area contributed by atoms with E-state index in [9.17, 15) is 0 Å². The molecule has 0 aromatic rings. The maximum Gasteiger partial charge on any atom is 0.00992 e. The molecule has 2 rings (SSSR count). The summed E-state index contributed by atoms with van der Waals surface area (Å²) < 4.78 is 0. The molecule has 0 bridgehead atoms. The molecule has 2 heteroatoms. The van der Waals surface area contributed by atoms with Crippen molar-refractivity contribution < 1.29 is 0 Å². The van der Waals surface area contributed by atoms with Crippen LogP contribution in [0, 0.1) is 5.92 Å². The highest BCUT2D eigenvalue weighted by Gasteiger charge is 2.33. The van der Waals surface area contributed by atoms with Crippen molar-refractivity contribution in [3.63, 3.8) is 0 Å².